The Bertz CT molecular complexity index is 2730. The maximum atomic E-state index is 14.1. The number of carbonyl (C=O) groups excluding carboxylic acids is 1. The molecule has 0 bridgehead atoms. The van der Waals surface area contributed by atoms with E-state index in [1.165, 1.54) is 35.2 Å². The first-order chi connectivity index (χ1) is 32.1. The molecule has 2 aromatic heterocycles. The molecule has 4 aliphatic rings. The number of sulfonamides is 1. The van der Waals surface area contributed by atoms with Crippen molar-refractivity contribution in [3.63, 3.8) is 0 Å². The molecule has 4 heterocycles. The molecule has 2 atom stereocenters. The predicted octanol–water partition coefficient (Wildman–Crippen LogP) is 9.42. The lowest BCUT2D eigenvalue weighted by Crippen LogP contribution is -2.54. The van der Waals surface area contributed by atoms with Crippen molar-refractivity contribution in [2.75, 3.05) is 37.8 Å². The summed E-state index contributed by atoms with van der Waals surface area (Å²) in [6, 6.07) is 20.1. The second kappa shape index (κ2) is 19.1. The summed E-state index contributed by atoms with van der Waals surface area (Å²) in [6.07, 6.45) is 10.2. The van der Waals surface area contributed by atoms with Gasteiger partial charge in [-0.2, -0.15) is 0 Å². The van der Waals surface area contributed by atoms with E-state index in [1.807, 2.05) is 19.9 Å². The molecular weight excluding hydrogens is 893 g/mol. The van der Waals surface area contributed by atoms with Crippen LogP contribution in [0.2, 0.25) is 0 Å². The Morgan fingerprint density at radius 2 is 1.81 bits per heavy atom. The molecule has 0 radical (unpaired) electrons. The third kappa shape index (κ3) is 10.2. The molecule has 0 unspecified atom stereocenters. The molecule has 1 saturated heterocycles. The fourth-order valence-corrected chi connectivity index (χ4v) is 12.9. The van der Waals surface area contributed by atoms with Crippen LogP contribution in [0.25, 0.3) is 11.0 Å². The standard InChI is InChI=1S/C50H60N6O9S2/c1-5-63-29-41(39-9-7-6-8-38(39)31(2)3)53-34-26-50(27-34)17-20-55(21-18-50)35-10-11-40(43(23-35)65-36-22-33-14-19-51-47(33)52-28-36)48(57)54-67(61,62)37-24-42(56(59)60)46-44(25-37)64-30-45(66-46)32-12-15-49(4,58)16-13-32/h6-11,14,19,22-25,28,31-32,34,41,45,53,58H,5,12-13,15-18,20-21,26-27,29-30H2,1-4H3,(H,51,52)(H,54,57)/t32?,41-,45+,49?/m0/s1. The van der Waals surface area contributed by atoms with Crippen LogP contribution in [0.15, 0.2) is 88.9 Å². The molecule has 9 rings (SSSR count). The van der Waals surface area contributed by atoms with Crippen molar-refractivity contribution in [3.05, 3.63) is 106 Å². The molecule has 3 fully saturated rings. The fourth-order valence-electron chi connectivity index (χ4n) is 10.5. The summed E-state index contributed by atoms with van der Waals surface area (Å²) in [6.45, 7) is 11.4. The average Bonchev–Trinajstić information content (AvgIpc) is 3.77. The quantitative estimate of drug-likeness (QED) is 0.0572. The minimum atomic E-state index is -4.65. The molecule has 17 heteroatoms. The smallest absolute Gasteiger partial charge is 0.288 e. The molecule has 2 saturated carbocycles. The number of piperidine rings is 1. The zero-order valence-corrected chi connectivity index (χ0v) is 40.1. The SMILES string of the molecule is CCOC[C@H](NC1CC2(CCN(c3ccc(C(=O)NS(=O)(=O)c4cc5c(c([N+](=O)[O-])c4)S[C@@H](C4CCC(C)(O)CC4)CO5)c(Oc4cnc5[nH]ccc5c4)c3)CC2)C1)c1ccccc1C(C)C. The number of anilines is 1. The molecule has 1 spiro atoms. The second-order valence-corrected chi connectivity index (χ2v) is 22.3. The van der Waals surface area contributed by atoms with Gasteiger partial charge in [-0.25, -0.2) is 18.1 Å². The van der Waals surface area contributed by atoms with E-state index in [9.17, 15) is 28.4 Å². The van der Waals surface area contributed by atoms with E-state index in [1.54, 1.807) is 30.5 Å². The van der Waals surface area contributed by atoms with Crippen molar-refractivity contribution >= 4 is 50.1 Å². The van der Waals surface area contributed by atoms with Gasteiger partial charge in [-0.1, -0.05) is 38.1 Å². The number of ether oxygens (including phenoxy) is 3. The summed E-state index contributed by atoms with van der Waals surface area (Å²) in [5, 5.41) is 27.5. The lowest BCUT2D eigenvalue weighted by molar-refractivity contribution is -0.388. The molecule has 4 N–H and O–H groups in total. The Labute approximate surface area is 396 Å². The van der Waals surface area contributed by atoms with Crippen molar-refractivity contribution in [1.29, 1.82) is 0 Å². The number of thioether (sulfide) groups is 1. The van der Waals surface area contributed by atoms with Gasteiger partial charge in [0.1, 0.15) is 34.4 Å². The van der Waals surface area contributed by atoms with Crippen molar-refractivity contribution < 1.29 is 37.5 Å². The fraction of sp³-hybridized carbons (Fsp3) is 0.480. The molecule has 2 aliphatic heterocycles. The van der Waals surface area contributed by atoms with E-state index in [-0.39, 0.29) is 51.2 Å². The number of aromatic nitrogens is 2. The van der Waals surface area contributed by atoms with Crippen LogP contribution < -0.4 is 24.4 Å². The summed E-state index contributed by atoms with van der Waals surface area (Å²) < 4.78 is 48.4. The Balaban J connectivity index is 0.908. The largest absolute Gasteiger partial charge is 0.491 e. The van der Waals surface area contributed by atoms with Crippen LogP contribution in [0.1, 0.15) is 113 Å². The zero-order valence-electron chi connectivity index (χ0n) is 38.5. The molecule has 1 amide bonds. The molecule has 2 aliphatic carbocycles. The highest BCUT2D eigenvalue weighted by molar-refractivity contribution is 8.00. The van der Waals surface area contributed by atoms with E-state index in [2.05, 4.69) is 63.0 Å². The minimum Gasteiger partial charge on any atom is -0.491 e. The third-order valence-corrected chi connectivity index (χ3v) is 17.1. The molecule has 3 aromatic carbocycles. The first-order valence-electron chi connectivity index (χ1n) is 23.4. The number of nitrogens with zero attached hydrogens (tertiary/aromatic N) is 3. The summed E-state index contributed by atoms with van der Waals surface area (Å²) in [4.78, 5) is 35.4. The van der Waals surface area contributed by atoms with Gasteiger partial charge in [0.2, 0.25) is 0 Å². The van der Waals surface area contributed by atoms with Gasteiger partial charge in [0.15, 0.2) is 0 Å². The lowest BCUT2D eigenvalue weighted by Gasteiger charge is -2.53. The van der Waals surface area contributed by atoms with Gasteiger partial charge in [-0.3, -0.25) is 14.9 Å². The number of rotatable bonds is 15. The summed E-state index contributed by atoms with van der Waals surface area (Å²) in [5.74, 6) is 0.167. The lowest BCUT2D eigenvalue weighted by atomic mass is 9.60. The maximum absolute atomic E-state index is 14.1. The number of nitro groups is 1. The van der Waals surface area contributed by atoms with Gasteiger partial charge >= 0.3 is 0 Å². The van der Waals surface area contributed by atoms with Gasteiger partial charge in [-0.15, -0.1) is 11.8 Å². The van der Waals surface area contributed by atoms with Crippen LogP contribution in [0.5, 0.6) is 17.2 Å². The van der Waals surface area contributed by atoms with Crippen LogP contribution in [-0.4, -0.2) is 84.1 Å². The molecular formula is C50H60N6O9S2. The topological polar surface area (TPSA) is 198 Å². The van der Waals surface area contributed by atoms with Gasteiger partial charge in [-0.05, 0) is 118 Å². The summed E-state index contributed by atoms with van der Waals surface area (Å²) >= 11 is 1.31. The number of nitro benzene ring substituents is 1. The Kier molecular flexibility index (Phi) is 13.3. The number of aliphatic hydroxyl groups is 1. The minimum absolute atomic E-state index is 0.0444. The average molecular weight is 953 g/mol. The molecule has 67 heavy (non-hydrogen) atoms. The van der Waals surface area contributed by atoms with E-state index in [4.69, 9.17) is 14.2 Å². The number of pyridine rings is 1. The second-order valence-electron chi connectivity index (χ2n) is 19.4. The van der Waals surface area contributed by atoms with E-state index >= 15 is 0 Å². The number of fused-ring (bicyclic) bond motifs is 2. The van der Waals surface area contributed by atoms with Crippen LogP contribution >= 0.6 is 11.8 Å². The number of hydrogen-bond acceptors (Lipinski definition) is 13. The van der Waals surface area contributed by atoms with Crippen LogP contribution in [0.4, 0.5) is 11.4 Å². The summed E-state index contributed by atoms with van der Waals surface area (Å²) in [7, 11) is -4.65. The first kappa shape index (κ1) is 46.9. The highest BCUT2D eigenvalue weighted by atomic mass is 32.2. The Morgan fingerprint density at radius 1 is 1.06 bits per heavy atom. The number of aromatic amines is 1. The summed E-state index contributed by atoms with van der Waals surface area (Å²) in [5.41, 5.74) is 3.16. The molecule has 15 nitrogen and oxygen atoms in total. The normalized spacial score (nSPS) is 22.2. The van der Waals surface area contributed by atoms with Crippen molar-refractivity contribution in [2.45, 2.75) is 118 Å². The Hall–Kier alpha value is -5.20. The third-order valence-electron chi connectivity index (χ3n) is 14.3. The number of nitrogens with one attached hydrogen (secondary N) is 3. The van der Waals surface area contributed by atoms with Crippen LogP contribution in [-0.2, 0) is 14.8 Å². The van der Waals surface area contributed by atoms with Gasteiger partial charge in [0.05, 0.1) is 39.8 Å². The molecule has 5 aromatic rings. The highest BCUT2D eigenvalue weighted by Gasteiger charge is 2.47. The number of H-pyrrole nitrogens is 1. The predicted molar refractivity (Wildman–Crippen MR) is 258 cm³/mol. The zero-order chi connectivity index (χ0) is 47.1. The molecule has 356 valence electrons. The van der Waals surface area contributed by atoms with E-state index in [0.29, 0.717) is 49.4 Å². The number of benzene rings is 3. The van der Waals surface area contributed by atoms with Crippen molar-refractivity contribution in [1.82, 2.24) is 20.0 Å². The van der Waals surface area contributed by atoms with Gasteiger partial charge in [0, 0.05) is 66.5 Å². The maximum Gasteiger partial charge on any atom is 0.288 e. The van der Waals surface area contributed by atoms with E-state index < -0.39 is 37.0 Å². The van der Waals surface area contributed by atoms with Gasteiger partial charge < -0.3 is 34.5 Å². The number of amides is 1. The van der Waals surface area contributed by atoms with E-state index in [0.717, 1.165) is 68.8 Å². The highest BCUT2D eigenvalue weighted by Crippen LogP contribution is 2.51. The van der Waals surface area contributed by atoms with Gasteiger partial charge in [0.25, 0.3) is 21.6 Å². The van der Waals surface area contributed by atoms with Crippen molar-refractivity contribution in [3.8, 4) is 17.2 Å². The number of hydrogen-bond donors (Lipinski definition) is 4. The van der Waals surface area contributed by atoms with Crippen LogP contribution in [0.3, 0.4) is 0 Å². The monoisotopic (exact) mass is 952 g/mol. The van der Waals surface area contributed by atoms with Crippen molar-refractivity contribution in [2.24, 2.45) is 11.3 Å². The van der Waals surface area contributed by atoms with Crippen LogP contribution in [0, 0.1) is 21.4 Å². The number of carbonyl (C=O) groups is 1. The first-order valence-corrected chi connectivity index (χ1v) is 25.8. The Morgan fingerprint density at radius 3 is 2.52 bits per heavy atom.